The average Bonchev–Trinajstić information content (AvgIpc) is 3.13. The molecule has 1 aliphatic carbocycles. The van der Waals surface area contributed by atoms with Crippen LogP contribution in [0, 0.1) is 5.92 Å². The van der Waals surface area contributed by atoms with Crippen LogP contribution in [0.25, 0.3) is 0 Å². The van der Waals surface area contributed by atoms with E-state index in [-0.39, 0.29) is 11.9 Å². The number of carbonyl (C=O) groups excluding carboxylic acids is 1. The monoisotopic (exact) mass is 319 g/mol. The molecule has 0 unspecified atom stereocenters. The topological polar surface area (TPSA) is 64.5 Å². The van der Waals surface area contributed by atoms with Gasteiger partial charge in [0.15, 0.2) is 0 Å². The standard InChI is InChI=1S/C17H25N3O3/c1-22-17-18-9-6-15(19-17)16(21)20-10-7-14(8-11-20)23-12-13-4-2-3-5-13/h6,9,13-14H,2-5,7-8,10-12H2,1H3. The van der Waals surface area contributed by atoms with E-state index in [0.29, 0.717) is 11.8 Å². The molecule has 1 aromatic heterocycles. The molecule has 1 amide bonds. The molecular weight excluding hydrogens is 294 g/mol. The number of amides is 1. The summed E-state index contributed by atoms with van der Waals surface area (Å²) in [6.45, 7) is 2.34. The molecule has 0 radical (unpaired) electrons. The van der Waals surface area contributed by atoms with Crippen LogP contribution in [0.3, 0.4) is 0 Å². The van der Waals surface area contributed by atoms with Crippen LogP contribution in [0.1, 0.15) is 49.0 Å². The number of hydrogen-bond acceptors (Lipinski definition) is 5. The Morgan fingerprint density at radius 2 is 2.00 bits per heavy atom. The van der Waals surface area contributed by atoms with Crippen LogP contribution in [0.4, 0.5) is 0 Å². The number of carbonyl (C=O) groups is 1. The van der Waals surface area contributed by atoms with Crippen molar-refractivity contribution in [3.63, 3.8) is 0 Å². The number of piperidine rings is 1. The summed E-state index contributed by atoms with van der Waals surface area (Å²) in [6.07, 6.45) is 8.98. The quantitative estimate of drug-likeness (QED) is 0.833. The normalized spacial score (nSPS) is 20.0. The number of likely N-dealkylation sites (tertiary alicyclic amines) is 1. The Morgan fingerprint density at radius 1 is 1.26 bits per heavy atom. The Labute approximate surface area is 137 Å². The number of rotatable bonds is 5. The first-order valence-electron chi connectivity index (χ1n) is 8.54. The summed E-state index contributed by atoms with van der Waals surface area (Å²) in [5.74, 6) is 0.697. The Balaban J connectivity index is 1.46. The van der Waals surface area contributed by atoms with Crippen molar-refractivity contribution in [3.05, 3.63) is 18.0 Å². The van der Waals surface area contributed by atoms with Crippen LogP contribution in [0.5, 0.6) is 6.01 Å². The van der Waals surface area contributed by atoms with Gasteiger partial charge in [-0.15, -0.1) is 0 Å². The van der Waals surface area contributed by atoms with Crippen LogP contribution < -0.4 is 4.74 Å². The number of methoxy groups -OCH3 is 1. The SMILES string of the molecule is COc1nccc(C(=O)N2CCC(OCC3CCCC3)CC2)n1. The molecule has 2 fully saturated rings. The molecule has 0 bridgehead atoms. The number of nitrogens with zero attached hydrogens (tertiary/aromatic N) is 3. The van der Waals surface area contributed by atoms with Gasteiger partial charge in [-0.25, -0.2) is 4.98 Å². The fraction of sp³-hybridized carbons (Fsp3) is 0.706. The Kier molecular flexibility index (Phi) is 5.43. The van der Waals surface area contributed by atoms with Gasteiger partial charge < -0.3 is 14.4 Å². The third kappa shape index (κ3) is 4.19. The average molecular weight is 319 g/mol. The second kappa shape index (κ2) is 7.73. The van der Waals surface area contributed by atoms with E-state index in [4.69, 9.17) is 9.47 Å². The van der Waals surface area contributed by atoms with E-state index in [1.165, 1.54) is 32.8 Å². The van der Waals surface area contributed by atoms with Gasteiger partial charge in [0, 0.05) is 25.9 Å². The largest absolute Gasteiger partial charge is 0.467 e. The molecule has 1 saturated heterocycles. The summed E-state index contributed by atoms with van der Waals surface area (Å²) >= 11 is 0. The van der Waals surface area contributed by atoms with Crippen molar-refractivity contribution in [1.29, 1.82) is 0 Å². The van der Waals surface area contributed by atoms with Gasteiger partial charge in [0.2, 0.25) is 0 Å². The van der Waals surface area contributed by atoms with Gasteiger partial charge in [0.05, 0.1) is 13.2 Å². The highest BCUT2D eigenvalue weighted by molar-refractivity contribution is 5.92. The van der Waals surface area contributed by atoms with Crippen molar-refractivity contribution in [2.75, 3.05) is 26.8 Å². The Hall–Kier alpha value is -1.69. The maximum atomic E-state index is 12.5. The molecule has 0 N–H and O–H groups in total. The van der Waals surface area contributed by atoms with Crippen molar-refractivity contribution in [3.8, 4) is 6.01 Å². The summed E-state index contributed by atoms with van der Waals surface area (Å²) in [5, 5.41) is 0. The van der Waals surface area contributed by atoms with Crippen LogP contribution in [0.2, 0.25) is 0 Å². The predicted molar refractivity (Wildman–Crippen MR) is 85.4 cm³/mol. The van der Waals surface area contributed by atoms with Gasteiger partial charge in [0.1, 0.15) is 5.69 Å². The van der Waals surface area contributed by atoms with Crippen molar-refractivity contribution in [2.45, 2.75) is 44.6 Å². The first-order valence-corrected chi connectivity index (χ1v) is 8.54. The molecule has 0 atom stereocenters. The molecule has 23 heavy (non-hydrogen) atoms. The van der Waals surface area contributed by atoms with Crippen LogP contribution in [0.15, 0.2) is 12.3 Å². The number of aromatic nitrogens is 2. The van der Waals surface area contributed by atoms with Gasteiger partial charge in [-0.05, 0) is 37.7 Å². The van der Waals surface area contributed by atoms with Crippen molar-refractivity contribution < 1.29 is 14.3 Å². The second-order valence-corrected chi connectivity index (χ2v) is 6.40. The van der Waals surface area contributed by atoms with E-state index < -0.39 is 0 Å². The lowest BCUT2D eigenvalue weighted by molar-refractivity contribution is -0.00606. The lowest BCUT2D eigenvalue weighted by Gasteiger charge is -2.32. The highest BCUT2D eigenvalue weighted by atomic mass is 16.5. The molecule has 0 spiro atoms. The molecule has 2 heterocycles. The highest BCUT2D eigenvalue weighted by Gasteiger charge is 2.26. The lowest BCUT2D eigenvalue weighted by atomic mass is 10.1. The van der Waals surface area contributed by atoms with Crippen LogP contribution >= 0.6 is 0 Å². The maximum Gasteiger partial charge on any atom is 0.316 e. The summed E-state index contributed by atoms with van der Waals surface area (Å²) in [5.41, 5.74) is 0.391. The minimum Gasteiger partial charge on any atom is -0.467 e. The van der Waals surface area contributed by atoms with E-state index in [9.17, 15) is 4.79 Å². The summed E-state index contributed by atoms with van der Waals surface area (Å²) in [7, 11) is 1.50. The molecular formula is C17H25N3O3. The van der Waals surface area contributed by atoms with E-state index in [1.807, 2.05) is 4.90 Å². The van der Waals surface area contributed by atoms with Gasteiger partial charge in [-0.1, -0.05) is 12.8 Å². The molecule has 2 aliphatic rings. The first-order chi connectivity index (χ1) is 11.3. The predicted octanol–water partition coefficient (Wildman–Crippen LogP) is 2.30. The maximum absolute atomic E-state index is 12.5. The summed E-state index contributed by atoms with van der Waals surface area (Å²) in [6, 6.07) is 1.86. The van der Waals surface area contributed by atoms with Crippen LogP contribution in [-0.4, -0.2) is 53.7 Å². The van der Waals surface area contributed by atoms with Crippen molar-refractivity contribution in [1.82, 2.24) is 14.9 Å². The zero-order valence-electron chi connectivity index (χ0n) is 13.7. The lowest BCUT2D eigenvalue weighted by Crippen LogP contribution is -2.41. The van der Waals surface area contributed by atoms with Gasteiger partial charge in [-0.3, -0.25) is 4.79 Å². The smallest absolute Gasteiger partial charge is 0.316 e. The molecule has 6 heteroatoms. The molecule has 0 aromatic carbocycles. The van der Waals surface area contributed by atoms with E-state index in [1.54, 1.807) is 12.3 Å². The molecule has 1 aliphatic heterocycles. The zero-order chi connectivity index (χ0) is 16.1. The summed E-state index contributed by atoms with van der Waals surface area (Å²) in [4.78, 5) is 22.4. The molecule has 126 valence electrons. The minimum atomic E-state index is -0.0556. The van der Waals surface area contributed by atoms with E-state index in [2.05, 4.69) is 9.97 Å². The summed E-state index contributed by atoms with van der Waals surface area (Å²) < 4.78 is 11.0. The van der Waals surface area contributed by atoms with Gasteiger partial charge in [-0.2, -0.15) is 4.98 Å². The third-order valence-electron chi connectivity index (χ3n) is 4.81. The fourth-order valence-electron chi connectivity index (χ4n) is 3.40. The Morgan fingerprint density at radius 3 is 2.70 bits per heavy atom. The van der Waals surface area contributed by atoms with E-state index in [0.717, 1.165) is 38.5 Å². The van der Waals surface area contributed by atoms with Crippen LogP contribution in [-0.2, 0) is 4.74 Å². The molecule has 1 saturated carbocycles. The molecule has 1 aromatic rings. The fourth-order valence-corrected chi connectivity index (χ4v) is 3.40. The highest BCUT2D eigenvalue weighted by Crippen LogP contribution is 2.26. The third-order valence-corrected chi connectivity index (χ3v) is 4.81. The van der Waals surface area contributed by atoms with Crippen molar-refractivity contribution in [2.24, 2.45) is 5.92 Å². The van der Waals surface area contributed by atoms with Crippen molar-refractivity contribution >= 4 is 5.91 Å². The van der Waals surface area contributed by atoms with Gasteiger partial charge >= 0.3 is 6.01 Å². The zero-order valence-corrected chi connectivity index (χ0v) is 13.7. The minimum absolute atomic E-state index is 0.0556. The second-order valence-electron chi connectivity index (χ2n) is 6.40. The molecule has 3 rings (SSSR count). The Bertz CT molecular complexity index is 524. The number of hydrogen-bond donors (Lipinski definition) is 0. The van der Waals surface area contributed by atoms with E-state index >= 15 is 0 Å². The molecule has 6 nitrogen and oxygen atoms in total. The number of ether oxygens (including phenoxy) is 2. The van der Waals surface area contributed by atoms with Gasteiger partial charge in [0.25, 0.3) is 5.91 Å². The first kappa shape index (κ1) is 16.2.